The van der Waals surface area contributed by atoms with E-state index in [1.165, 1.54) is 11.8 Å². The van der Waals surface area contributed by atoms with Crippen LogP contribution in [0.25, 0.3) is 0 Å². The van der Waals surface area contributed by atoms with Gasteiger partial charge in [0, 0.05) is 38.4 Å². The van der Waals surface area contributed by atoms with E-state index in [0.717, 1.165) is 42.3 Å². The first kappa shape index (κ1) is 30.2. The van der Waals surface area contributed by atoms with E-state index in [0.29, 0.717) is 42.8 Å². The number of aliphatic hydroxyl groups excluding tert-OH is 1. The highest BCUT2D eigenvalue weighted by Gasteiger charge is 2.51. The molecule has 2 aromatic heterocycles. The molecular formula is C30H42N6O6S. The minimum Gasteiger partial charge on any atom is -0.486 e. The Hall–Kier alpha value is -2.87. The Labute approximate surface area is 256 Å². The van der Waals surface area contributed by atoms with Gasteiger partial charge in [-0.3, -0.25) is 0 Å². The second-order valence-corrected chi connectivity index (χ2v) is 14.0. The molecule has 3 fully saturated rings. The van der Waals surface area contributed by atoms with Crippen LogP contribution in [0, 0.1) is 5.41 Å². The monoisotopic (exact) mass is 614 g/mol. The molecule has 4 aliphatic rings. The summed E-state index contributed by atoms with van der Waals surface area (Å²) in [7, 11) is 1.75. The van der Waals surface area contributed by atoms with Gasteiger partial charge in [-0.2, -0.15) is 0 Å². The molecule has 6 heterocycles. The zero-order valence-corrected chi connectivity index (χ0v) is 26.4. The number of aromatic nitrogens is 3. The van der Waals surface area contributed by atoms with Crippen molar-refractivity contribution in [2.45, 2.75) is 93.4 Å². The number of nitrogens with zero attached hydrogens (tertiary/aromatic N) is 5. The highest BCUT2D eigenvalue weighted by molar-refractivity contribution is 7.99. The van der Waals surface area contributed by atoms with Gasteiger partial charge in [0.2, 0.25) is 0 Å². The standard InChI is InChI=1S/C30H42N6O6S/c1-18-25(34-28(38)42-29(2,3)4)30(17-41-18)7-10-35(11-8-30)26-21(15-37)33-23(13-32-26)43-22-6-9-31-27-24(22)40-16-19-12-20(39-5)14-36(19)27/h6,9,13,18-20,25,37H,7-8,10-12,14-17H2,1-5H3,(H,34,38)/t18-,19-,20-,25?/m0/s1. The maximum atomic E-state index is 12.6. The molecule has 1 unspecified atom stereocenters. The molecule has 1 spiro atoms. The number of pyridine rings is 1. The average molecular weight is 615 g/mol. The van der Waals surface area contributed by atoms with Crippen molar-refractivity contribution in [3.8, 4) is 5.75 Å². The number of hydrogen-bond donors (Lipinski definition) is 2. The number of carbonyl (C=O) groups is 1. The Kier molecular flexibility index (Phi) is 8.35. The molecule has 234 valence electrons. The number of fused-ring (bicyclic) bond motifs is 3. The van der Waals surface area contributed by atoms with Crippen LogP contribution < -0.4 is 19.9 Å². The molecule has 1 amide bonds. The fourth-order valence-electron chi connectivity index (χ4n) is 6.72. The quantitative estimate of drug-likeness (QED) is 0.494. The number of carbonyl (C=O) groups excluding carboxylic acids is 1. The van der Waals surface area contributed by atoms with E-state index in [4.69, 9.17) is 28.9 Å². The normalized spacial score (nSPS) is 26.2. The van der Waals surface area contributed by atoms with Crippen molar-refractivity contribution >= 4 is 29.5 Å². The molecule has 0 aromatic carbocycles. The van der Waals surface area contributed by atoms with E-state index in [-0.39, 0.29) is 36.3 Å². The molecule has 0 radical (unpaired) electrons. The first-order valence-electron chi connectivity index (χ1n) is 15.0. The third kappa shape index (κ3) is 6.09. The lowest BCUT2D eigenvalue weighted by Crippen LogP contribution is -2.55. The second kappa shape index (κ2) is 11.9. The van der Waals surface area contributed by atoms with E-state index in [1.807, 2.05) is 33.8 Å². The topological polar surface area (TPSA) is 131 Å². The summed E-state index contributed by atoms with van der Waals surface area (Å²) >= 11 is 1.46. The lowest BCUT2D eigenvalue weighted by atomic mass is 9.73. The fraction of sp³-hybridized carbons (Fsp3) is 0.667. The molecule has 2 aromatic rings. The van der Waals surface area contributed by atoms with Crippen molar-refractivity contribution < 1.29 is 28.8 Å². The molecule has 0 bridgehead atoms. The molecule has 12 nitrogen and oxygen atoms in total. The van der Waals surface area contributed by atoms with Gasteiger partial charge in [-0.15, -0.1) is 0 Å². The van der Waals surface area contributed by atoms with Gasteiger partial charge in [-0.05, 0) is 53.0 Å². The molecule has 4 atom stereocenters. The zero-order chi connectivity index (χ0) is 30.4. The van der Waals surface area contributed by atoms with Crippen molar-refractivity contribution in [2.75, 3.05) is 49.8 Å². The number of methoxy groups -OCH3 is 1. The van der Waals surface area contributed by atoms with Crippen LogP contribution in [0.1, 0.15) is 52.7 Å². The third-order valence-electron chi connectivity index (χ3n) is 8.91. The number of nitrogens with one attached hydrogen (secondary N) is 1. The van der Waals surface area contributed by atoms with Gasteiger partial charge in [0.25, 0.3) is 0 Å². The Morgan fingerprint density at radius 3 is 2.77 bits per heavy atom. The Morgan fingerprint density at radius 2 is 2.05 bits per heavy atom. The molecule has 43 heavy (non-hydrogen) atoms. The molecule has 6 rings (SSSR count). The minimum atomic E-state index is -0.568. The van der Waals surface area contributed by atoms with Gasteiger partial charge >= 0.3 is 6.09 Å². The lowest BCUT2D eigenvalue weighted by Gasteiger charge is -2.43. The number of aliphatic hydroxyl groups is 1. The summed E-state index contributed by atoms with van der Waals surface area (Å²) in [6.45, 7) is 10.7. The highest BCUT2D eigenvalue weighted by atomic mass is 32.2. The predicted octanol–water partition coefficient (Wildman–Crippen LogP) is 3.40. The Bertz CT molecular complexity index is 1330. The van der Waals surface area contributed by atoms with Crippen molar-refractivity contribution in [3.63, 3.8) is 0 Å². The van der Waals surface area contributed by atoms with Crippen molar-refractivity contribution in [1.29, 1.82) is 0 Å². The van der Waals surface area contributed by atoms with Crippen LogP contribution in [-0.2, 0) is 20.8 Å². The number of piperidine rings is 1. The van der Waals surface area contributed by atoms with Gasteiger partial charge in [-0.1, -0.05) is 11.8 Å². The summed E-state index contributed by atoms with van der Waals surface area (Å²) < 4.78 is 23.4. The van der Waals surface area contributed by atoms with Crippen LogP contribution in [0.4, 0.5) is 16.4 Å². The molecule has 2 N–H and O–H groups in total. The van der Waals surface area contributed by atoms with Crippen LogP contribution in [0.3, 0.4) is 0 Å². The molecule has 4 aliphatic heterocycles. The van der Waals surface area contributed by atoms with Gasteiger partial charge in [-0.25, -0.2) is 19.7 Å². The van der Waals surface area contributed by atoms with Crippen LogP contribution in [-0.4, -0.2) is 96.0 Å². The summed E-state index contributed by atoms with van der Waals surface area (Å²) in [4.78, 5) is 32.2. The largest absolute Gasteiger partial charge is 0.486 e. The molecule has 13 heteroatoms. The number of alkyl carbamates (subject to hydrolysis) is 1. The van der Waals surface area contributed by atoms with Crippen LogP contribution in [0.2, 0.25) is 0 Å². The SMILES string of the molecule is CO[C@H]1C[C@H]2COc3c(Sc4cnc(N5CCC6(CC5)CO[C@@H](C)C6NC(=O)OC(C)(C)C)c(CO)n4)ccnc3N2C1. The van der Waals surface area contributed by atoms with Crippen molar-refractivity contribution in [3.05, 3.63) is 24.2 Å². The van der Waals surface area contributed by atoms with E-state index >= 15 is 0 Å². The maximum absolute atomic E-state index is 12.6. The van der Waals surface area contributed by atoms with E-state index in [2.05, 4.69) is 20.1 Å². The molecule has 0 aliphatic carbocycles. The molecule has 0 saturated carbocycles. The summed E-state index contributed by atoms with van der Waals surface area (Å²) in [6.07, 6.45) is 5.74. The van der Waals surface area contributed by atoms with Crippen LogP contribution in [0.5, 0.6) is 5.75 Å². The number of hydrogen-bond acceptors (Lipinski definition) is 12. The summed E-state index contributed by atoms with van der Waals surface area (Å²) in [5.41, 5.74) is -0.221. The van der Waals surface area contributed by atoms with Crippen LogP contribution in [0.15, 0.2) is 28.4 Å². The smallest absolute Gasteiger partial charge is 0.407 e. The fourth-order valence-corrected chi connectivity index (χ4v) is 7.58. The number of rotatable bonds is 6. The third-order valence-corrected chi connectivity index (χ3v) is 9.86. The first-order chi connectivity index (χ1) is 20.6. The maximum Gasteiger partial charge on any atom is 0.407 e. The molecule has 3 saturated heterocycles. The number of anilines is 2. The number of amides is 1. The van der Waals surface area contributed by atoms with E-state index in [9.17, 15) is 9.90 Å². The van der Waals surface area contributed by atoms with Gasteiger partial charge in [0.1, 0.15) is 22.9 Å². The van der Waals surface area contributed by atoms with Crippen LogP contribution >= 0.6 is 11.8 Å². The minimum absolute atomic E-state index is 0.108. The van der Waals surface area contributed by atoms with E-state index < -0.39 is 11.7 Å². The van der Waals surface area contributed by atoms with Crippen molar-refractivity contribution in [2.24, 2.45) is 5.41 Å². The average Bonchev–Trinajstić information content (AvgIpc) is 3.54. The van der Waals surface area contributed by atoms with E-state index in [1.54, 1.807) is 19.5 Å². The van der Waals surface area contributed by atoms with Gasteiger partial charge in [0.15, 0.2) is 17.4 Å². The van der Waals surface area contributed by atoms with Gasteiger partial charge in [0.05, 0.1) is 48.6 Å². The van der Waals surface area contributed by atoms with Gasteiger partial charge < -0.3 is 39.2 Å². The summed E-state index contributed by atoms with van der Waals surface area (Å²) in [5, 5.41) is 14.1. The molecular weight excluding hydrogens is 572 g/mol. The summed E-state index contributed by atoms with van der Waals surface area (Å²) in [5.74, 6) is 2.27. The Morgan fingerprint density at radius 1 is 1.26 bits per heavy atom. The second-order valence-electron chi connectivity index (χ2n) is 12.9. The van der Waals surface area contributed by atoms with Crippen molar-refractivity contribution in [1.82, 2.24) is 20.3 Å². The number of ether oxygens (including phenoxy) is 4. The zero-order valence-electron chi connectivity index (χ0n) is 25.5. The Balaban J connectivity index is 1.14. The predicted molar refractivity (Wildman–Crippen MR) is 161 cm³/mol. The lowest BCUT2D eigenvalue weighted by molar-refractivity contribution is 0.0434. The summed E-state index contributed by atoms with van der Waals surface area (Å²) in [6, 6.07) is 2.05. The first-order valence-corrected chi connectivity index (χ1v) is 15.8. The highest BCUT2D eigenvalue weighted by Crippen LogP contribution is 2.45.